The molecular weight excluding hydrogens is 264 g/mol. The van der Waals surface area contributed by atoms with E-state index in [-0.39, 0.29) is 5.75 Å². The van der Waals surface area contributed by atoms with Crippen LogP contribution in [-0.4, -0.2) is 15.2 Å². The van der Waals surface area contributed by atoms with Crippen molar-refractivity contribution in [2.45, 2.75) is 51.4 Å². The van der Waals surface area contributed by atoms with E-state index in [4.69, 9.17) is 4.52 Å². The van der Waals surface area contributed by atoms with Gasteiger partial charge in [0, 0.05) is 5.92 Å². The summed E-state index contributed by atoms with van der Waals surface area (Å²) in [5.74, 6) is 2.67. The maximum Gasteiger partial charge on any atom is 0.261 e. The van der Waals surface area contributed by atoms with Gasteiger partial charge in [-0.2, -0.15) is 4.98 Å². The largest absolute Gasteiger partial charge is 0.507 e. The van der Waals surface area contributed by atoms with Gasteiger partial charge in [-0.05, 0) is 43.7 Å². The smallest absolute Gasteiger partial charge is 0.261 e. The van der Waals surface area contributed by atoms with Crippen molar-refractivity contribution in [3.63, 3.8) is 0 Å². The van der Waals surface area contributed by atoms with Crippen LogP contribution < -0.4 is 0 Å². The summed E-state index contributed by atoms with van der Waals surface area (Å²) in [6.45, 7) is 2.25. The van der Waals surface area contributed by atoms with Crippen molar-refractivity contribution in [1.82, 2.24) is 10.1 Å². The van der Waals surface area contributed by atoms with Crippen molar-refractivity contribution < 1.29 is 9.63 Å². The summed E-state index contributed by atoms with van der Waals surface area (Å²) in [5.41, 5.74) is 0.607. The van der Waals surface area contributed by atoms with E-state index in [1.54, 1.807) is 18.2 Å². The number of rotatable bonds is 4. The van der Waals surface area contributed by atoms with Gasteiger partial charge in [-0.1, -0.05) is 37.1 Å². The van der Waals surface area contributed by atoms with Gasteiger partial charge in [0.15, 0.2) is 5.82 Å². The van der Waals surface area contributed by atoms with Gasteiger partial charge in [-0.25, -0.2) is 0 Å². The first-order valence-corrected chi connectivity index (χ1v) is 7.90. The lowest BCUT2D eigenvalue weighted by Crippen LogP contribution is -2.14. The van der Waals surface area contributed by atoms with Crippen LogP contribution in [0.15, 0.2) is 28.8 Å². The number of hydrogen-bond donors (Lipinski definition) is 1. The van der Waals surface area contributed by atoms with E-state index in [1.807, 2.05) is 6.07 Å². The van der Waals surface area contributed by atoms with Crippen LogP contribution in [0.5, 0.6) is 5.75 Å². The summed E-state index contributed by atoms with van der Waals surface area (Å²) in [7, 11) is 0. The highest BCUT2D eigenvalue weighted by molar-refractivity contribution is 5.61. The molecule has 1 fully saturated rings. The fourth-order valence-corrected chi connectivity index (χ4v) is 3.28. The molecule has 0 aliphatic heterocycles. The van der Waals surface area contributed by atoms with Gasteiger partial charge in [0.2, 0.25) is 0 Å². The second-order valence-corrected chi connectivity index (χ2v) is 5.98. The molecule has 0 amide bonds. The van der Waals surface area contributed by atoms with Crippen LogP contribution in [0.4, 0.5) is 0 Å². The van der Waals surface area contributed by atoms with Gasteiger partial charge < -0.3 is 9.63 Å². The third-order valence-electron chi connectivity index (χ3n) is 4.49. The first-order chi connectivity index (χ1) is 10.3. The van der Waals surface area contributed by atoms with Crippen LogP contribution in [0.2, 0.25) is 0 Å². The molecule has 0 radical (unpaired) electrons. The van der Waals surface area contributed by atoms with E-state index in [1.165, 1.54) is 25.7 Å². The Balaban J connectivity index is 1.70. The number of phenolic OH excluding ortho intramolecular Hbond substituents is 1. The van der Waals surface area contributed by atoms with Gasteiger partial charge in [0.1, 0.15) is 5.75 Å². The molecule has 1 heterocycles. The Morgan fingerprint density at radius 1 is 1.19 bits per heavy atom. The average Bonchev–Trinajstić information content (AvgIpc) is 2.98. The minimum absolute atomic E-state index is 0.180. The molecule has 1 saturated carbocycles. The SMILES string of the molecule is CCCC1CCC(c2noc(-c3ccccc3O)n2)CC1. The van der Waals surface area contributed by atoms with E-state index in [2.05, 4.69) is 17.1 Å². The minimum Gasteiger partial charge on any atom is -0.507 e. The standard InChI is InChI=1S/C17H22N2O2/c1-2-5-12-8-10-13(11-9-12)16-18-17(21-19-16)14-6-3-4-7-15(14)20/h3-4,6-7,12-13,20H,2,5,8-11H2,1H3. The molecule has 3 rings (SSSR count). The Morgan fingerprint density at radius 3 is 2.67 bits per heavy atom. The van der Waals surface area contributed by atoms with Crippen molar-refractivity contribution in [2.24, 2.45) is 5.92 Å². The Hall–Kier alpha value is -1.84. The maximum atomic E-state index is 9.85. The third-order valence-corrected chi connectivity index (χ3v) is 4.49. The topological polar surface area (TPSA) is 59.2 Å². The number of benzene rings is 1. The molecule has 0 bridgehead atoms. The molecule has 4 heteroatoms. The number of para-hydroxylation sites is 1. The number of hydrogen-bond acceptors (Lipinski definition) is 4. The Kier molecular flexibility index (Phi) is 4.23. The molecule has 0 saturated heterocycles. The summed E-state index contributed by atoms with van der Waals surface area (Å²) in [6.07, 6.45) is 7.42. The fraction of sp³-hybridized carbons (Fsp3) is 0.529. The highest BCUT2D eigenvalue weighted by Gasteiger charge is 2.26. The zero-order chi connectivity index (χ0) is 14.7. The fourth-order valence-electron chi connectivity index (χ4n) is 3.28. The quantitative estimate of drug-likeness (QED) is 0.898. The van der Waals surface area contributed by atoms with E-state index < -0.39 is 0 Å². The molecule has 1 N–H and O–H groups in total. The zero-order valence-corrected chi connectivity index (χ0v) is 12.5. The van der Waals surface area contributed by atoms with Crippen LogP contribution in [0.1, 0.15) is 57.2 Å². The average molecular weight is 286 g/mol. The number of aromatic hydroxyl groups is 1. The lowest BCUT2D eigenvalue weighted by Gasteiger charge is -2.26. The molecule has 1 aromatic carbocycles. The summed E-state index contributed by atoms with van der Waals surface area (Å²) in [4.78, 5) is 4.50. The molecule has 112 valence electrons. The van der Waals surface area contributed by atoms with Crippen LogP contribution in [0, 0.1) is 5.92 Å². The van der Waals surface area contributed by atoms with Crippen LogP contribution in [-0.2, 0) is 0 Å². The Labute approximate surface area is 125 Å². The Bertz CT molecular complexity index is 586. The number of phenols is 1. The monoisotopic (exact) mass is 286 g/mol. The third kappa shape index (κ3) is 3.09. The summed E-state index contributed by atoms with van der Waals surface area (Å²) >= 11 is 0. The number of nitrogens with zero attached hydrogens (tertiary/aromatic N) is 2. The summed E-state index contributed by atoms with van der Waals surface area (Å²) in [6, 6.07) is 7.07. The number of aromatic nitrogens is 2. The van der Waals surface area contributed by atoms with Crippen LogP contribution in [0.3, 0.4) is 0 Å². The van der Waals surface area contributed by atoms with Gasteiger partial charge in [0.05, 0.1) is 5.56 Å². The van der Waals surface area contributed by atoms with Gasteiger partial charge in [-0.3, -0.25) is 0 Å². The first kappa shape index (κ1) is 14.1. The first-order valence-electron chi connectivity index (χ1n) is 7.90. The molecule has 4 nitrogen and oxygen atoms in total. The van der Waals surface area contributed by atoms with Crippen LogP contribution in [0.25, 0.3) is 11.5 Å². The lowest BCUT2D eigenvalue weighted by molar-refractivity contribution is 0.296. The molecule has 0 spiro atoms. The van der Waals surface area contributed by atoms with E-state index in [9.17, 15) is 5.11 Å². The van der Waals surface area contributed by atoms with E-state index in [0.717, 1.165) is 24.6 Å². The van der Waals surface area contributed by atoms with Crippen molar-refractivity contribution in [3.8, 4) is 17.2 Å². The molecule has 1 aromatic heterocycles. The molecule has 2 aromatic rings. The zero-order valence-electron chi connectivity index (χ0n) is 12.5. The second-order valence-electron chi connectivity index (χ2n) is 5.98. The molecular formula is C17H22N2O2. The molecule has 0 unspecified atom stereocenters. The van der Waals surface area contributed by atoms with Gasteiger partial charge >= 0.3 is 0 Å². The predicted molar refractivity (Wildman–Crippen MR) is 81.0 cm³/mol. The highest BCUT2D eigenvalue weighted by Crippen LogP contribution is 2.37. The van der Waals surface area contributed by atoms with Crippen molar-refractivity contribution >= 4 is 0 Å². The Morgan fingerprint density at radius 2 is 1.95 bits per heavy atom. The molecule has 0 atom stereocenters. The van der Waals surface area contributed by atoms with Crippen LogP contribution >= 0.6 is 0 Å². The maximum absolute atomic E-state index is 9.85. The van der Waals surface area contributed by atoms with E-state index in [0.29, 0.717) is 17.4 Å². The summed E-state index contributed by atoms with van der Waals surface area (Å²) in [5, 5.41) is 14.0. The highest BCUT2D eigenvalue weighted by atomic mass is 16.5. The van der Waals surface area contributed by atoms with E-state index >= 15 is 0 Å². The molecule has 1 aliphatic rings. The normalized spacial score (nSPS) is 22.3. The van der Waals surface area contributed by atoms with Gasteiger partial charge in [0.25, 0.3) is 5.89 Å². The van der Waals surface area contributed by atoms with Gasteiger partial charge in [-0.15, -0.1) is 0 Å². The van der Waals surface area contributed by atoms with Crippen molar-refractivity contribution in [1.29, 1.82) is 0 Å². The molecule has 1 aliphatic carbocycles. The minimum atomic E-state index is 0.180. The second kappa shape index (κ2) is 6.29. The van der Waals surface area contributed by atoms with Crippen molar-refractivity contribution in [2.75, 3.05) is 0 Å². The van der Waals surface area contributed by atoms with Crippen molar-refractivity contribution in [3.05, 3.63) is 30.1 Å². The predicted octanol–water partition coefficient (Wildman–Crippen LogP) is 4.52. The molecule has 21 heavy (non-hydrogen) atoms. The summed E-state index contributed by atoms with van der Waals surface area (Å²) < 4.78 is 5.34. The lowest BCUT2D eigenvalue weighted by atomic mass is 9.80.